The number of furan rings is 1. The van der Waals surface area contributed by atoms with Gasteiger partial charge in [-0.25, -0.2) is 10.8 Å². The molecule has 2 heterocycles. The first-order chi connectivity index (χ1) is 10.3. The van der Waals surface area contributed by atoms with Crippen molar-refractivity contribution in [3.63, 3.8) is 0 Å². The number of carbonyl (C=O) groups excluding carboxylic acids is 1. The molecule has 0 aliphatic carbocycles. The van der Waals surface area contributed by atoms with Crippen LogP contribution < -0.4 is 11.3 Å². The molecule has 3 N–H and O–H groups in total. The van der Waals surface area contributed by atoms with Crippen molar-refractivity contribution in [1.29, 1.82) is 0 Å². The van der Waals surface area contributed by atoms with Gasteiger partial charge in [0.05, 0.1) is 12.8 Å². The van der Waals surface area contributed by atoms with E-state index in [9.17, 15) is 4.79 Å². The van der Waals surface area contributed by atoms with Crippen LogP contribution in [0, 0.1) is 0 Å². The van der Waals surface area contributed by atoms with E-state index in [0.29, 0.717) is 6.54 Å². The number of nitrogens with one attached hydrogen (secondary N) is 1. The van der Waals surface area contributed by atoms with Crippen molar-refractivity contribution in [3.05, 3.63) is 66.4 Å². The summed E-state index contributed by atoms with van der Waals surface area (Å²) in [7, 11) is 0. The van der Waals surface area contributed by atoms with Crippen molar-refractivity contribution in [2.24, 2.45) is 5.84 Å². The summed E-state index contributed by atoms with van der Waals surface area (Å²) in [5, 5.41) is 0. The highest BCUT2D eigenvalue weighted by Gasteiger charge is 2.15. The zero-order chi connectivity index (χ0) is 14.7. The number of carbonyl (C=O) groups is 1. The molecular formula is C15H14N4O2. The predicted molar refractivity (Wildman–Crippen MR) is 77.1 cm³/mol. The number of hydrazine groups is 1. The molecule has 6 heteroatoms. The Bertz CT molecular complexity index is 746. The van der Waals surface area contributed by atoms with Gasteiger partial charge in [-0.2, -0.15) is 0 Å². The number of amides is 1. The van der Waals surface area contributed by atoms with E-state index in [2.05, 4.69) is 10.4 Å². The van der Waals surface area contributed by atoms with E-state index in [4.69, 9.17) is 10.3 Å². The molecule has 6 nitrogen and oxygen atoms in total. The van der Waals surface area contributed by atoms with Crippen LogP contribution in [0.1, 0.15) is 16.1 Å². The summed E-state index contributed by atoms with van der Waals surface area (Å²) >= 11 is 0. The maximum Gasteiger partial charge on any atom is 0.301 e. The minimum atomic E-state index is -0.448. The first-order valence-electron chi connectivity index (χ1n) is 6.43. The Balaban J connectivity index is 1.92. The molecule has 0 bridgehead atoms. The largest absolute Gasteiger partial charge is 0.459 e. The summed E-state index contributed by atoms with van der Waals surface area (Å²) in [6.07, 6.45) is 5.06. The first kappa shape index (κ1) is 13.1. The van der Waals surface area contributed by atoms with E-state index in [1.54, 1.807) is 12.3 Å². The molecule has 0 saturated carbocycles. The van der Waals surface area contributed by atoms with Gasteiger partial charge in [0.15, 0.2) is 5.76 Å². The molecule has 3 rings (SSSR count). The quantitative estimate of drug-likeness (QED) is 0.434. The predicted octanol–water partition coefficient (Wildman–Crippen LogP) is 1.79. The number of rotatable bonds is 4. The van der Waals surface area contributed by atoms with Gasteiger partial charge in [0.1, 0.15) is 5.82 Å². The van der Waals surface area contributed by atoms with Crippen LogP contribution in [-0.4, -0.2) is 15.5 Å². The number of benzene rings is 1. The summed E-state index contributed by atoms with van der Waals surface area (Å²) in [6, 6.07) is 11.6. The van der Waals surface area contributed by atoms with E-state index in [1.165, 1.54) is 6.26 Å². The number of hydrogen-bond acceptors (Lipinski definition) is 4. The number of nitrogens with two attached hydrogens (primary N) is 1. The SMILES string of the molecule is NNC(=O)c1occc1Cn1ccnc1-c1ccccc1. The van der Waals surface area contributed by atoms with E-state index in [1.807, 2.05) is 41.1 Å². The second kappa shape index (κ2) is 5.64. The van der Waals surface area contributed by atoms with Crippen molar-refractivity contribution in [1.82, 2.24) is 15.0 Å². The number of hydrogen-bond donors (Lipinski definition) is 2. The number of aromatic nitrogens is 2. The van der Waals surface area contributed by atoms with Crippen LogP contribution in [0.15, 0.2) is 59.5 Å². The summed E-state index contributed by atoms with van der Waals surface area (Å²) in [5.41, 5.74) is 3.83. The van der Waals surface area contributed by atoms with Crippen LogP contribution in [0.4, 0.5) is 0 Å². The van der Waals surface area contributed by atoms with Gasteiger partial charge in [-0.05, 0) is 6.07 Å². The highest BCUT2D eigenvalue weighted by molar-refractivity contribution is 5.92. The lowest BCUT2D eigenvalue weighted by atomic mass is 10.2. The molecule has 0 fully saturated rings. The van der Waals surface area contributed by atoms with E-state index >= 15 is 0 Å². The van der Waals surface area contributed by atoms with Crippen LogP contribution in [0.2, 0.25) is 0 Å². The van der Waals surface area contributed by atoms with Gasteiger partial charge in [0, 0.05) is 23.5 Å². The molecular weight excluding hydrogens is 268 g/mol. The highest BCUT2D eigenvalue weighted by atomic mass is 16.3. The Kier molecular flexibility index (Phi) is 3.53. The van der Waals surface area contributed by atoms with E-state index in [-0.39, 0.29) is 5.76 Å². The Morgan fingerprint density at radius 2 is 2.10 bits per heavy atom. The van der Waals surface area contributed by atoms with Crippen LogP contribution in [0.3, 0.4) is 0 Å². The molecule has 0 aliphatic rings. The second-order valence-corrected chi connectivity index (χ2v) is 4.49. The normalized spacial score (nSPS) is 10.5. The molecule has 21 heavy (non-hydrogen) atoms. The van der Waals surface area contributed by atoms with Crippen molar-refractivity contribution >= 4 is 5.91 Å². The standard InChI is InChI=1S/C15H14N4O2/c16-18-15(20)13-12(6-9-21-13)10-19-8-7-17-14(19)11-4-2-1-3-5-11/h1-9H,10,16H2,(H,18,20). The average Bonchev–Trinajstić information content (AvgIpc) is 3.17. The molecule has 0 spiro atoms. The molecule has 1 amide bonds. The summed E-state index contributed by atoms with van der Waals surface area (Å²) in [6.45, 7) is 0.476. The summed E-state index contributed by atoms with van der Waals surface area (Å²) < 4.78 is 7.14. The molecule has 0 radical (unpaired) electrons. The van der Waals surface area contributed by atoms with Crippen LogP contribution in [0.25, 0.3) is 11.4 Å². The van der Waals surface area contributed by atoms with Gasteiger partial charge in [-0.15, -0.1) is 0 Å². The van der Waals surface area contributed by atoms with Crippen molar-refractivity contribution in [2.75, 3.05) is 0 Å². The Hall–Kier alpha value is -2.86. The average molecular weight is 282 g/mol. The van der Waals surface area contributed by atoms with Crippen LogP contribution in [0.5, 0.6) is 0 Å². The number of imidazole rings is 1. The minimum absolute atomic E-state index is 0.213. The number of nitrogens with zero attached hydrogens (tertiary/aromatic N) is 2. The molecule has 0 saturated heterocycles. The lowest BCUT2D eigenvalue weighted by molar-refractivity contribution is 0.0924. The summed E-state index contributed by atoms with van der Waals surface area (Å²) in [4.78, 5) is 16.0. The number of nitrogen functional groups attached to an aromatic ring is 1. The van der Waals surface area contributed by atoms with Crippen molar-refractivity contribution in [3.8, 4) is 11.4 Å². The fourth-order valence-corrected chi connectivity index (χ4v) is 2.19. The first-order valence-corrected chi connectivity index (χ1v) is 6.43. The summed E-state index contributed by atoms with van der Waals surface area (Å²) in [5.74, 6) is 5.74. The zero-order valence-electron chi connectivity index (χ0n) is 11.2. The van der Waals surface area contributed by atoms with Crippen molar-refractivity contribution < 1.29 is 9.21 Å². The third-order valence-corrected chi connectivity index (χ3v) is 3.17. The minimum Gasteiger partial charge on any atom is -0.459 e. The van der Waals surface area contributed by atoms with Crippen LogP contribution in [-0.2, 0) is 6.54 Å². The van der Waals surface area contributed by atoms with Gasteiger partial charge < -0.3 is 8.98 Å². The molecule has 0 atom stereocenters. The van der Waals surface area contributed by atoms with Gasteiger partial charge in [0.25, 0.3) is 0 Å². The Morgan fingerprint density at radius 3 is 2.86 bits per heavy atom. The van der Waals surface area contributed by atoms with Gasteiger partial charge >= 0.3 is 5.91 Å². The third kappa shape index (κ3) is 2.56. The third-order valence-electron chi connectivity index (χ3n) is 3.17. The van der Waals surface area contributed by atoms with Gasteiger partial charge in [-0.1, -0.05) is 30.3 Å². The maximum atomic E-state index is 11.6. The van der Waals surface area contributed by atoms with Crippen molar-refractivity contribution in [2.45, 2.75) is 6.54 Å². The molecule has 0 unspecified atom stereocenters. The second-order valence-electron chi connectivity index (χ2n) is 4.49. The topological polar surface area (TPSA) is 86.1 Å². The smallest absolute Gasteiger partial charge is 0.301 e. The molecule has 3 aromatic rings. The Labute approximate surface area is 121 Å². The van der Waals surface area contributed by atoms with E-state index in [0.717, 1.165) is 17.0 Å². The van der Waals surface area contributed by atoms with Gasteiger partial charge in [-0.3, -0.25) is 10.2 Å². The molecule has 0 aliphatic heterocycles. The lowest BCUT2D eigenvalue weighted by Gasteiger charge is -2.07. The fraction of sp³-hybridized carbons (Fsp3) is 0.0667. The maximum absolute atomic E-state index is 11.6. The van der Waals surface area contributed by atoms with Crippen LogP contribution >= 0.6 is 0 Å². The monoisotopic (exact) mass is 282 g/mol. The molecule has 2 aromatic heterocycles. The Morgan fingerprint density at radius 1 is 1.29 bits per heavy atom. The zero-order valence-corrected chi connectivity index (χ0v) is 11.2. The molecule has 1 aromatic carbocycles. The van der Waals surface area contributed by atoms with Gasteiger partial charge in [0.2, 0.25) is 0 Å². The molecule has 106 valence electrons. The lowest BCUT2D eigenvalue weighted by Crippen LogP contribution is -2.30. The van der Waals surface area contributed by atoms with E-state index < -0.39 is 5.91 Å². The fourth-order valence-electron chi connectivity index (χ4n) is 2.19. The highest BCUT2D eigenvalue weighted by Crippen LogP contribution is 2.19.